The number of hydroxylamine groups is 6. The van der Waals surface area contributed by atoms with E-state index in [0.717, 1.165) is 36.4 Å². The first-order valence-electron chi connectivity index (χ1n) is 16.9. The summed E-state index contributed by atoms with van der Waals surface area (Å²) < 4.78 is 37.2. The molecule has 0 bridgehead atoms. The number of nitrogens with zero attached hydrogens (tertiary/aromatic N) is 3. The number of unbranched alkanes of at least 4 members (excludes halogenated alkanes) is 1. The number of hydrogen-bond acceptors (Lipinski definition) is 13. The zero-order valence-corrected chi connectivity index (χ0v) is 35.9. The van der Waals surface area contributed by atoms with Crippen molar-refractivity contribution >= 4 is 100 Å². The highest BCUT2D eigenvalue weighted by molar-refractivity contribution is 8.24. The fourth-order valence-corrected chi connectivity index (χ4v) is 4.88. The van der Waals surface area contributed by atoms with Crippen LogP contribution in [-0.2, 0) is 77.0 Å². The van der Waals surface area contributed by atoms with Crippen molar-refractivity contribution < 1.29 is 56.3 Å². The van der Waals surface area contributed by atoms with E-state index >= 15 is 0 Å². The van der Waals surface area contributed by atoms with Gasteiger partial charge in [-0.25, -0.2) is 14.4 Å². The van der Waals surface area contributed by atoms with Crippen LogP contribution in [-0.4, -0.2) is 77.9 Å². The minimum atomic E-state index is -4.55. The van der Waals surface area contributed by atoms with Crippen LogP contribution in [0.15, 0.2) is 36.8 Å². The Morgan fingerprint density at radius 2 is 1.23 bits per heavy atom. The van der Waals surface area contributed by atoms with E-state index in [1.165, 1.54) is 0 Å². The van der Waals surface area contributed by atoms with Gasteiger partial charge in [-0.05, 0) is 51.5 Å². The van der Waals surface area contributed by atoms with Crippen LogP contribution in [0.1, 0.15) is 111 Å². The number of carbonyl (C=O) groups is 6. The highest BCUT2D eigenvalue weighted by Crippen LogP contribution is 2.24. The lowest BCUT2D eigenvalue weighted by Gasteiger charge is -2.18. The molecule has 1 N–H and O–H groups in total. The summed E-state index contributed by atoms with van der Waals surface area (Å²) in [5, 5.41) is 1.07. The number of hydrogen-bond donors (Lipinski definition) is 1. The molecule has 3 fully saturated rings. The molecule has 0 spiro atoms. The standard InChI is InChI=1S/C11H17NO3.C10H15NO6S.C10H15NO3.BHPS.H2P2S/c1-8(2)4-7-11(14)15-12-9(3)5-6-10(12)13;1-3-4-8(18(14,15)16)10(13)17-11-7(2)5-6-9(11)12;1-3-4-5-10(13)14-11-8(2)6-7-9(11)12;2*1-2-3/h8H,3-7H2,1-2H3;8H,2-6H2,1H3,(H,14,15,16);2-7H2,1H3;2H;1H2/q;;;+1;/i;;;2D;. The zero-order chi connectivity index (χ0) is 42.2. The second-order valence-corrected chi connectivity index (χ2v) is 16.8. The topological polar surface area (TPSA) is 194 Å². The van der Waals surface area contributed by atoms with E-state index < -0.39 is 34.4 Å². The van der Waals surface area contributed by atoms with Crippen molar-refractivity contribution in [2.75, 3.05) is 0 Å². The molecule has 296 valence electrons. The molecule has 3 heterocycles. The van der Waals surface area contributed by atoms with Gasteiger partial charge in [-0.1, -0.05) is 81.0 Å². The van der Waals surface area contributed by atoms with Gasteiger partial charge in [-0.15, -0.1) is 15.2 Å². The first-order chi connectivity index (χ1) is 25.1. The molecule has 3 aliphatic heterocycles. The van der Waals surface area contributed by atoms with E-state index in [2.05, 4.69) is 64.7 Å². The van der Waals surface area contributed by atoms with Gasteiger partial charge in [0.1, 0.15) is 11.8 Å². The lowest BCUT2D eigenvalue weighted by molar-refractivity contribution is -0.186. The SMILES string of the molecule is C=C1CCC(=O)N1OC(=O)C(CCC)S(=O)(=O)O.C=C1CCC(=O)N1OC(=O)CCC(C)C.C=C1CCC(=O)N1OC(=O)CCCC.PP=S.[2H][P+]([B])=S. The van der Waals surface area contributed by atoms with Gasteiger partial charge in [0.05, 0.1) is 24.3 Å². The van der Waals surface area contributed by atoms with Crippen LogP contribution < -0.4 is 0 Å². The van der Waals surface area contributed by atoms with Crippen molar-refractivity contribution in [1.29, 1.82) is 1.28 Å². The smallest absolute Gasteiger partial charge is 0.334 e. The molecule has 0 aromatic rings. The van der Waals surface area contributed by atoms with Gasteiger partial charge in [0.25, 0.3) is 27.8 Å². The van der Waals surface area contributed by atoms with Crippen molar-refractivity contribution in [1.82, 2.24) is 15.2 Å². The molecule has 3 unspecified atom stereocenters. The number of rotatable bonds is 13. The van der Waals surface area contributed by atoms with E-state index in [-0.39, 0.29) is 36.6 Å². The normalized spacial score (nSPS) is 16.2. The van der Waals surface area contributed by atoms with Gasteiger partial charge in [0.15, 0.2) is 5.25 Å². The molecule has 15 nitrogen and oxygen atoms in total. The summed E-state index contributed by atoms with van der Waals surface area (Å²) >= 11 is 8.46. The summed E-state index contributed by atoms with van der Waals surface area (Å²) in [4.78, 5) is 82.4. The number of amides is 3. The van der Waals surface area contributed by atoms with Crippen molar-refractivity contribution in [3.8, 4) is 0 Å². The Labute approximate surface area is 330 Å². The fraction of sp³-hybridized carbons (Fsp3) is 0.613. The largest absolute Gasteiger partial charge is 0.456 e. The molecule has 0 saturated carbocycles. The lowest BCUT2D eigenvalue weighted by atomic mass is 10.1. The average molecular weight is 858 g/mol. The molecule has 3 amide bonds. The Hall–Kier alpha value is -2.52. The molecule has 3 atom stereocenters. The van der Waals surface area contributed by atoms with E-state index in [1.807, 2.05) is 20.8 Å². The van der Waals surface area contributed by atoms with Crippen LogP contribution in [0.2, 0.25) is 0 Å². The third kappa shape index (κ3) is 22.5. The quantitative estimate of drug-likeness (QED) is 0.132. The molecule has 22 heteroatoms. The number of allylic oxidation sites excluding steroid dienone is 3. The molecular weight excluding hydrogens is 806 g/mol. The van der Waals surface area contributed by atoms with E-state index in [9.17, 15) is 37.2 Å². The van der Waals surface area contributed by atoms with Crippen molar-refractivity contribution in [2.24, 2.45) is 5.92 Å². The van der Waals surface area contributed by atoms with E-state index in [0.29, 0.717) is 79.4 Å². The molecule has 0 aliphatic carbocycles. The second-order valence-electron chi connectivity index (χ2n) is 11.6. The van der Waals surface area contributed by atoms with Gasteiger partial charge in [-0.2, -0.15) is 8.42 Å². The predicted octanol–water partition coefficient (Wildman–Crippen LogP) is 5.82. The van der Waals surface area contributed by atoms with Crippen LogP contribution >= 0.6 is 23.2 Å². The highest BCUT2D eigenvalue weighted by atomic mass is 32.6. The molecule has 0 aromatic carbocycles. The van der Waals surface area contributed by atoms with Crippen LogP contribution in [0.4, 0.5) is 0 Å². The molecular formula is C31H50BN3O12P3S3+. The summed E-state index contributed by atoms with van der Waals surface area (Å²) in [6.07, 6.45) is 5.94. The first kappa shape index (κ1) is 50.5. The maximum Gasteiger partial charge on any atom is 0.456 e. The molecule has 3 aliphatic rings. The maximum atomic E-state index is 11.6. The summed E-state index contributed by atoms with van der Waals surface area (Å²) in [7, 11) is 2.11. The molecule has 2 radical (unpaired) electrons. The summed E-state index contributed by atoms with van der Waals surface area (Å²) in [5.74, 6) is -2.26. The minimum Gasteiger partial charge on any atom is -0.334 e. The van der Waals surface area contributed by atoms with Crippen LogP contribution in [0, 0.1) is 5.92 Å². The van der Waals surface area contributed by atoms with Crippen molar-refractivity contribution in [2.45, 2.75) is 116 Å². The fourth-order valence-electron chi connectivity index (χ4n) is 4.06. The van der Waals surface area contributed by atoms with Gasteiger partial charge in [-0.3, -0.25) is 18.9 Å². The van der Waals surface area contributed by atoms with Gasteiger partial charge in [0.2, 0.25) is 0 Å². The summed E-state index contributed by atoms with van der Waals surface area (Å²) in [6.45, 7) is 18.6. The van der Waals surface area contributed by atoms with E-state index in [1.54, 1.807) is 6.92 Å². The molecule has 0 aromatic heterocycles. The lowest BCUT2D eigenvalue weighted by Crippen LogP contribution is -2.37. The van der Waals surface area contributed by atoms with Crippen molar-refractivity contribution in [3.05, 3.63) is 36.8 Å². The van der Waals surface area contributed by atoms with Gasteiger partial charge >= 0.3 is 26.8 Å². The molecule has 3 saturated heterocycles. The Balaban J connectivity index is 0. The van der Waals surface area contributed by atoms with E-state index in [4.69, 9.17) is 15.5 Å². The maximum absolute atomic E-state index is 11.6. The minimum absolute atomic E-state index is 0.0772. The second kappa shape index (κ2) is 28.9. The third-order valence-corrected chi connectivity index (χ3v) is 7.97. The molecule has 53 heavy (non-hydrogen) atoms. The summed E-state index contributed by atoms with van der Waals surface area (Å²) in [5.41, 5.74) is 1.43. The summed E-state index contributed by atoms with van der Waals surface area (Å²) in [6, 6.07) is 0. The highest BCUT2D eigenvalue weighted by Gasteiger charge is 2.36. The Bertz CT molecular complexity index is 1450. The molecule has 3 rings (SSSR count). The van der Waals surface area contributed by atoms with Crippen LogP contribution in [0.5, 0.6) is 0 Å². The predicted molar refractivity (Wildman–Crippen MR) is 213 cm³/mol. The zero-order valence-electron chi connectivity index (χ0n) is 31.5. The van der Waals surface area contributed by atoms with Gasteiger partial charge in [0, 0.05) is 32.1 Å². The van der Waals surface area contributed by atoms with Crippen molar-refractivity contribution in [3.63, 3.8) is 0 Å². The third-order valence-electron chi connectivity index (χ3n) is 6.82. The average Bonchev–Trinajstić information content (AvgIpc) is 3.68. The Morgan fingerprint density at radius 3 is 1.51 bits per heavy atom. The van der Waals surface area contributed by atoms with Gasteiger partial charge < -0.3 is 14.5 Å². The Kier molecular flexibility index (Phi) is 27.5. The monoisotopic (exact) mass is 857 g/mol. The first-order valence-corrected chi connectivity index (χ1v) is 23.4. The number of carbonyl (C=O) groups excluding carboxylic acids is 6. The van der Waals surface area contributed by atoms with Crippen LogP contribution in [0.25, 0.3) is 0 Å². The Morgan fingerprint density at radius 1 is 0.868 bits per heavy atom. The van der Waals surface area contributed by atoms with Crippen LogP contribution in [0.3, 0.4) is 0 Å².